The van der Waals surface area contributed by atoms with Crippen LogP contribution < -0.4 is 0 Å². The number of carbonyl (C=O) groups is 1. The lowest BCUT2D eigenvalue weighted by molar-refractivity contribution is -0.143. The summed E-state index contributed by atoms with van der Waals surface area (Å²) in [5.41, 5.74) is 0. The first-order valence-corrected chi connectivity index (χ1v) is 4.72. The van der Waals surface area contributed by atoms with E-state index in [1.807, 2.05) is 6.92 Å². The highest BCUT2D eigenvalue weighted by molar-refractivity contribution is 5.85. The van der Waals surface area contributed by atoms with E-state index in [-0.39, 0.29) is 18.4 Å². The Hall–Kier alpha value is -0.280. The number of carboxylic acid groups (broad SMARTS) is 1. The van der Waals surface area contributed by atoms with Crippen LogP contribution in [0.3, 0.4) is 0 Å². The standard InChI is InChI=1S/C9H17NO2.ClH/c1-2-5-8(9(11)12)10-6-3-4-7-10;/h8H,2-7H2,1H3,(H,11,12);1H. The molecular formula is C9H18ClNO2. The molecule has 1 atom stereocenters. The van der Waals surface area contributed by atoms with Crippen LogP contribution in [0.5, 0.6) is 0 Å². The Morgan fingerprint density at radius 3 is 2.38 bits per heavy atom. The van der Waals surface area contributed by atoms with Crippen LogP contribution >= 0.6 is 12.4 Å². The lowest BCUT2D eigenvalue weighted by Crippen LogP contribution is -2.39. The predicted molar refractivity (Wildman–Crippen MR) is 54.4 cm³/mol. The molecule has 1 saturated heterocycles. The molecule has 1 unspecified atom stereocenters. The molecule has 0 aliphatic carbocycles. The third-order valence-corrected chi connectivity index (χ3v) is 2.43. The van der Waals surface area contributed by atoms with E-state index in [0.717, 1.165) is 38.8 Å². The first-order chi connectivity index (χ1) is 5.75. The molecule has 0 aromatic carbocycles. The van der Waals surface area contributed by atoms with Crippen LogP contribution in [0.1, 0.15) is 32.6 Å². The van der Waals surface area contributed by atoms with Crippen LogP contribution in [0.25, 0.3) is 0 Å². The fraction of sp³-hybridized carbons (Fsp3) is 0.889. The van der Waals surface area contributed by atoms with Gasteiger partial charge in [0.1, 0.15) is 6.04 Å². The highest BCUT2D eigenvalue weighted by Gasteiger charge is 2.26. The maximum atomic E-state index is 10.8. The van der Waals surface area contributed by atoms with E-state index in [0.29, 0.717) is 0 Å². The zero-order valence-electron chi connectivity index (χ0n) is 8.03. The first-order valence-electron chi connectivity index (χ1n) is 4.72. The molecule has 0 bridgehead atoms. The molecule has 0 saturated carbocycles. The molecule has 1 aliphatic heterocycles. The van der Waals surface area contributed by atoms with E-state index in [4.69, 9.17) is 5.11 Å². The van der Waals surface area contributed by atoms with E-state index in [2.05, 4.69) is 4.90 Å². The number of aliphatic carboxylic acids is 1. The van der Waals surface area contributed by atoms with Gasteiger partial charge >= 0.3 is 5.97 Å². The number of hydrogen-bond donors (Lipinski definition) is 1. The molecule has 0 spiro atoms. The maximum absolute atomic E-state index is 10.8. The smallest absolute Gasteiger partial charge is 0.320 e. The molecule has 4 heteroatoms. The van der Waals surface area contributed by atoms with Crippen LogP contribution in [0.4, 0.5) is 0 Å². The van der Waals surface area contributed by atoms with E-state index < -0.39 is 5.97 Å². The number of nitrogens with zero attached hydrogens (tertiary/aromatic N) is 1. The molecule has 1 aliphatic rings. The monoisotopic (exact) mass is 207 g/mol. The van der Waals surface area contributed by atoms with Gasteiger partial charge in [-0.15, -0.1) is 12.4 Å². The second kappa shape index (κ2) is 6.22. The van der Waals surface area contributed by atoms with Crippen molar-refractivity contribution in [3.05, 3.63) is 0 Å². The number of likely N-dealkylation sites (tertiary alicyclic amines) is 1. The summed E-state index contributed by atoms with van der Waals surface area (Å²) >= 11 is 0. The zero-order valence-corrected chi connectivity index (χ0v) is 8.85. The predicted octanol–water partition coefficient (Wildman–Crippen LogP) is 1.76. The van der Waals surface area contributed by atoms with Crippen molar-refractivity contribution in [3.63, 3.8) is 0 Å². The van der Waals surface area contributed by atoms with Gasteiger partial charge < -0.3 is 5.11 Å². The summed E-state index contributed by atoms with van der Waals surface area (Å²) in [6.07, 6.45) is 4.06. The van der Waals surface area contributed by atoms with Crippen molar-refractivity contribution in [2.24, 2.45) is 0 Å². The molecule has 1 fully saturated rings. The Labute approximate surface area is 85.5 Å². The SMILES string of the molecule is CCCC(C(=O)O)N1CCCC1.Cl. The second-order valence-corrected chi connectivity index (χ2v) is 3.39. The lowest BCUT2D eigenvalue weighted by atomic mass is 10.1. The Kier molecular flexibility index (Phi) is 6.08. The van der Waals surface area contributed by atoms with Gasteiger partial charge in [-0.1, -0.05) is 13.3 Å². The lowest BCUT2D eigenvalue weighted by Gasteiger charge is -2.22. The van der Waals surface area contributed by atoms with Crippen molar-refractivity contribution in [2.45, 2.75) is 38.6 Å². The van der Waals surface area contributed by atoms with Crippen LogP contribution in [-0.4, -0.2) is 35.1 Å². The number of halogens is 1. The normalized spacial score (nSPS) is 19.5. The fourth-order valence-corrected chi connectivity index (χ4v) is 1.79. The molecule has 1 heterocycles. The summed E-state index contributed by atoms with van der Waals surface area (Å²) < 4.78 is 0. The van der Waals surface area contributed by atoms with Crippen LogP contribution in [0, 0.1) is 0 Å². The van der Waals surface area contributed by atoms with Gasteiger partial charge in [-0.25, -0.2) is 0 Å². The largest absolute Gasteiger partial charge is 0.480 e. The molecule has 0 aromatic rings. The molecule has 0 radical (unpaired) electrons. The van der Waals surface area contributed by atoms with Gasteiger partial charge in [0.25, 0.3) is 0 Å². The van der Waals surface area contributed by atoms with Gasteiger partial charge in [0, 0.05) is 0 Å². The van der Waals surface area contributed by atoms with Crippen molar-refractivity contribution in [2.75, 3.05) is 13.1 Å². The van der Waals surface area contributed by atoms with E-state index >= 15 is 0 Å². The fourth-order valence-electron chi connectivity index (χ4n) is 1.79. The number of rotatable bonds is 4. The molecule has 1 N–H and O–H groups in total. The molecule has 0 aromatic heterocycles. The van der Waals surface area contributed by atoms with Crippen molar-refractivity contribution < 1.29 is 9.90 Å². The summed E-state index contributed by atoms with van der Waals surface area (Å²) in [5.74, 6) is -0.654. The minimum Gasteiger partial charge on any atom is -0.480 e. The third-order valence-electron chi connectivity index (χ3n) is 2.43. The minimum atomic E-state index is -0.654. The second-order valence-electron chi connectivity index (χ2n) is 3.39. The van der Waals surface area contributed by atoms with Gasteiger partial charge in [-0.3, -0.25) is 9.69 Å². The minimum absolute atomic E-state index is 0. The van der Waals surface area contributed by atoms with Gasteiger partial charge in [0.05, 0.1) is 0 Å². The van der Waals surface area contributed by atoms with Gasteiger partial charge in [0.2, 0.25) is 0 Å². The number of hydrogen-bond acceptors (Lipinski definition) is 2. The van der Waals surface area contributed by atoms with Gasteiger partial charge in [0.15, 0.2) is 0 Å². The van der Waals surface area contributed by atoms with Crippen molar-refractivity contribution in [1.82, 2.24) is 4.90 Å². The quantitative estimate of drug-likeness (QED) is 0.764. The first kappa shape index (κ1) is 12.7. The van der Waals surface area contributed by atoms with Crippen molar-refractivity contribution >= 4 is 18.4 Å². The Morgan fingerprint density at radius 2 is 2.00 bits per heavy atom. The average Bonchev–Trinajstić information content (AvgIpc) is 2.51. The highest BCUT2D eigenvalue weighted by Crippen LogP contribution is 2.15. The summed E-state index contributed by atoms with van der Waals surface area (Å²) in [6, 6.07) is -0.225. The average molecular weight is 208 g/mol. The highest BCUT2D eigenvalue weighted by atomic mass is 35.5. The van der Waals surface area contributed by atoms with E-state index in [1.165, 1.54) is 0 Å². The molecule has 3 nitrogen and oxygen atoms in total. The molecule has 78 valence electrons. The summed E-state index contributed by atoms with van der Waals surface area (Å²) in [7, 11) is 0. The van der Waals surface area contributed by atoms with E-state index in [9.17, 15) is 4.79 Å². The molecule has 1 rings (SSSR count). The Bertz CT molecular complexity index is 158. The van der Waals surface area contributed by atoms with Crippen LogP contribution in [0.2, 0.25) is 0 Å². The summed E-state index contributed by atoms with van der Waals surface area (Å²) in [4.78, 5) is 12.9. The number of carboxylic acids is 1. The molecule has 0 amide bonds. The third kappa shape index (κ3) is 3.53. The van der Waals surface area contributed by atoms with Crippen molar-refractivity contribution in [1.29, 1.82) is 0 Å². The van der Waals surface area contributed by atoms with Crippen LogP contribution in [0.15, 0.2) is 0 Å². The Morgan fingerprint density at radius 1 is 1.46 bits per heavy atom. The van der Waals surface area contributed by atoms with Gasteiger partial charge in [-0.05, 0) is 32.4 Å². The summed E-state index contributed by atoms with van der Waals surface area (Å²) in [5, 5.41) is 8.92. The molecule has 13 heavy (non-hydrogen) atoms. The maximum Gasteiger partial charge on any atom is 0.320 e. The zero-order chi connectivity index (χ0) is 8.97. The van der Waals surface area contributed by atoms with Gasteiger partial charge in [-0.2, -0.15) is 0 Å². The molecular weight excluding hydrogens is 190 g/mol. The topological polar surface area (TPSA) is 40.5 Å². The van der Waals surface area contributed by atoms with Crippen LogP contribution in [-0.2, 0) is 4.79 Å². The van der Waals surface area contributed by atoms with E-state index in [1.54, 1.807) is 0 Å². The van der Waals surface area contributed by atoms with Crippen molar-refractivity contribution in [3.8, 4) is 0 Å². The summed E-state index contributed by atoms with van der Waals surface area (Å²) in [6.45, 7) is 3.97. The Balaban J connectivity index is 0.00000144.